The van der Waals surface area contributed by atoms with Crippen LogP contribution in [0.3, 0.4) is 0 Å². The van der Waals surface area contributed by atoms with Crippen LogP contribution in [-0.2, 0) is 4.79 Å². The van der Waals surface area contributed by atoms with Crippen molar-refractivity contribution in [3.63, 3.8) is 0 Å². The van der Waals surface area contributed by atoms with Gasteiger partial charge in [0.15, 0.2) is 0 Å². The number of carbonyl (C=O) groups is 1. The summed E-state index contributed by atoms with van der Waals surface area (Å²) in [7, 11) is 0. The Bertz CT molecular complexity index is 182. The fraction of sp³-hybridized carbons (Fsp3) is 0.900. The van der Waals surface area contributed by atoms with Gasteiger partial charge in [0.1, 0.15) is 6.04 Å². The Morgan fingerprint density at radius 2 is 2.31 bits per heavy atom. The summed E-state index contributed by atoms with van der Waals surface area (Å²) < 4.78 is 0. The van der Waals surface area contributed by atoms with Gasteiger partial charge in [-0.05, 0) is 31.2 Å². The van der Waals surface area contributed by atoms with Crippen LogP contribution in [0.15, 0.2) is 0 Å². The maximum Gasteiger partial charge on any atom is 0.320 e. The SMILES string of the molecule is CCCC(NCC1CC1C)C(=O)O. The second-order valence-corrected chi connectivity index (χ2v) is 4.06. The van der Waals surface area contributed by atoms with E-state index in [4.69, 9.17) is 5.11 Å². The molecule has 0 amide bonds. The van der Waals surface area contributed by atoms with Crippen molar-refractivity contribution in [1.29, 1.82) is 0 Å². The van der Waals surface area contributed by atoms with E-state index in [0.717, 1.165) is 31.2 Å². The van der Waals surface area contributed by atoms with Gasteiger partial charge in [-0.1, -0.05) is 20.3 Å². The van der Waals surface area contributed by atoms with E-state index in [0.29, 0.717) is 0 Å². The molecule has 2 N–H and O–H groups in total. The summed E-state index contributed by atoms with van der Waals surface area (Å²) in [5.41, 5.74) is 0. The van der Waals surface area contributed by atoms with Crippen molar-refractivity contribution < 1.29 is 9.90 Å². The van der Waals surface area contributed by atoms with Gasteiger partial charge in [-0.15, -0.1) is 0 Å². The first-order valence-electron chi connectivity index (χ1n) is 5.11. The van der Waals surface area contributed by atoms with E-state index in [2.05, 4.69) is 12.2 Å². The van der Waals surface area contributed by atoms with Crippen molar-refractivity contribution in [2.45, 2.75) is 39.2 Å². The van der Waals surface area contributed by atoms with Crippen molar-refractivity contribution in [3.8, 4) is 0 Å². The highest BCUT2D eigenvalue weighted by Gasteiger charge is 2.32. The molecule has 1 aliphatic carbocycles. The van der Waals surface area contributed by atoms with Gasteiger partial charge in [0.2, 0.25) is 0 Å². The first-order valence-corrected chi connectivity index (χ1v) is 5.11. The maximum atomic E-state index is 10.7. The summed E-state index contributed by atoms with van der Waals surface area (Å²) in [5.74, 6) is 0.803. The summed E-state index contributed by atoms with van der Waals surface area (Å²) in [6.07, 6.45) is 2.91. The number of nitrogens with one attached hydrogen (secondary N) is 1. The van der Waals surface area contributed by atoms with Crippen molar-refractivity contribution >= 4 is 5.97 Å². The number of hydrogen-bond donors (Lipinski definition) is 2. The van der Waals surface area contributed by atoms with Gasteiger partial charge in [-0.3, -0.25) is 4.79 Å². The van der Waals surface area contributed by atoms with Gasteiger partial charge in [0.05, 0.1) is 0 Å². The van der Waals surface area contributed by atoms with Crippen LogP contribution in [0.4, 0.5) is 0 Å². The van der Waals surface area contributed by atoms with Gasteiger partial charge in [-0.2, -0.15) is 0 Å². The Morgan fingerprint density at radius 1 is 1.69 bits per heavy atom. The first-order chi connectivity index (χ1) is 6.15. The summed E-state index contributed by atoms with van der Waals surface area (Å²) >= 11 is 0. The van der Waals surface area contributed by atoms with Crippen LogP contribution in [0.5, 0.6) is 0 Å². The van der Waals surface area contributed by atoms with Crippen molar-refractivity contribution in [3.05, 3.63) is 0 Å². The molecule has 3 nitrogen and oxygen atoms in total. The third-order valence-electron chi connectivity index (χ3n) is 2.78. The topological polar surface area (TPSA) is 49.3 Å². The smallest absolute Gasteiger partial charge is 0.320 e. The molecule has 0 aromatic rings. The molecule has 3 atom stereocenters. The van der Waals surface area contributed by atoms with E-state index in [-0.39, 0.29) is 6.04 Å². The molecular formula is C10H19NO2. The van der Waals surface area contributed by atoms with E-state index >= 15 is 0 Å². The van der Waals surface area contributed by atoms with Gasteiger partial charge in [0.25, 0.3) is 0 Å². The third kappa shape index (κ3) is 3.35. The second kappa shape index (κ2) is 4.61. The molecule has 0 saturated heterocycles. The minimum atomic E-state index is -0.713. The normalized spacial score (nSPS) is 28.5. The molecular weight excluding hydrogens is 166 g/mol. The summed E-state index contributed by atoms with van der Waals surface area (Å²) in [6, 6.07) is -0.335. The highest BCUT2D eigenvalue weighted by Crippen LogP contribution is 2.36. The molecule has 0 aromatic heterocycles. The molecule has 0 spiro atoms. The van der Waals surface area contributed by atoms with Crippen LogP contribution in [0.1, 0.15) is 33.1 Å². The summed E-state index contributed by atoms with van der Waals surface area (Å²) in [4.78, 5) is 10.7. The summed E-state index contributed by atoms with van der Waals surface area (Å²) in [6.45, 7) is 5.09. The van der Waals surface area contributed by atoms with E-state index in [1.807, 2.05) is 6.92 Å². The average Bonchev–Trinajstić information content (AvgIpc) is 2.75. The molecule has 1 saturated carbocycles. The van der Waals surface area contributed by atoms with E-state index in [9.17, 15) is 4.79 Å². The molecule has 0 aliphatic heterocycles. The Hall–Kier alpha value is -0.570. The molecule has 0 bridgehead atoms. The van der Waals surface area contributed by atoms with Crippen LogP contribution in [0.25, 0.3) is 0 Å². The highest BCUT2D eigenvalue weighted by atomic mass is 16.4. The molecule has 1 fully saturated rings. The number of aliphatic carboxylic acids is 1. The predicted molar refractivity (Wildman–Crippen MR) is 51.6 cm³/mol. The monoisotopic (exact) mass is 185 g/mol. The standard InChI is InChI=1S/C10H19NO2/c1-3-4-9(10(12)13)11-6-8-5-7(8)2/h7-9,11H,3-6H2,1-2H3,(H,12,13). The second-order valence-electron chi connectivity index (χ2n) is 4.06. The lowest BCUT2D eigenvalue weighted by atomic mass is 10.1. The van der Waals surface area contributed by atoms with Crippen LogP contribution in [0.2, 0.25) is 0 Å². The number of carboxylic acid groups (broad SMARTS) is 1. The third-order valence-corrected chi connectivity index (χ3v) is 2.78. The molecule has 0 aromatic carbocycles. The maximum absolute atomic E-state index is 10.7. The van der Waals surface area contributed by atoms with E-state index in [1.165, 1.54) is 6.42 Å². The first kappa shape index (κ1) is 10.5. The van der Waals surface area contributed by atoms with E-state index < -0.39 is 5.97 Å². The number of hydrogen-bond acceptors (Lipinski definition) is 2. The number of rotatable bonds is 6. The molecule has 1 rings (SSSR count). The Morgan fingerprint density at radius 3 is 2.69 bits per heavy atom. The molecule has 1 aliphatic rings. The Labute approximate surface area is 79.5 Å². The average molecular weight is 185 g/mol. The minimum absolute atomic E-state index is 0.335. The van der Waals surface area contributed by atoms with Crippen LogP contribution >= 0.6 is 0 Å². The molecule has 3 unspecified atom stereocenters. The van der Waals surface area contributed by atoms with Crippen LogP contribution < -0.4 is 5.32 Å². The Kier molecular flexibility index (Phi) is 3.72. The van der Waals surface area contributed by atoms with Gasteiger partial charge in [-0.25, -0.2) is 0 Å². The largest absolute Gasteiger partial charge is 0.480 e. The van der Waals surface area contributed by atoms with Gasteiger partial charge < -0.3 is 10.4 Å². The van der Waals surface area contributed by atoms with Gasteiger partial charge in [0, 0.05) is 0 Å². The van der Waals surface area contributed by atoms with Crippen molar-refractivity contribution in [2.24, 2.45) is 11.8 Å². The number of carboxylic acids is 1. The Balaban J connectivity index is 2.18. The lowest BCUT2D eigenvalue weighted by Crippen LogP contribution is -2.37. The van der Waals surface area contributed by atoms with Crippen LogP contribution in [0, 0.1) is 11.8 Å². The fourth-order valence-corrected chi connectivity index (χ4v) is 1.58. The molecule has 0 heterocycles. The minimum Gasteiger partial charge on any atom is -0.480 e. The molecule has 0 radical (unpaired) electrons. The van der Waals surface area contributed by atoms with Gasteiger partial charge >= 0.3 is 5.97 Å². The lowest BCUT2D eigenvalue weighted by Gasteiger charge is -2.12. The fourth-order valence-electron chi connectivity index (χ4n) is 1.58. The predicted octanol–water partition coefficient (Wildman–Crippen LogP) is 1.49. The lowest BCUT2D eigenvalue weighted by molar-refractivity contribution is -0.139. The zero-order valence-electron chi connectivity index (χ0n) is 8.42. The molecule has 76 valence electrons. The zero-order valence-corrected chi connectivity index (χ0v) is 8.42. The zero-order chi connectivity index (χ0) is 9.84. The van der Waals surface area contributed by atoms with Crippen molar-refractivity contribution in [2.75, 3.05) is 6.54 Å². The highest BCUT2D eigenvalue weighted by molar-refractivity contribution is 5.73. The summed E-state index contributed by atoms with van der Waals surface area (Å²) in [5, 5.41) is 12.0. The van der Waals surface area contributed by atoms with E-state index in [1.54, 1.807) is 0 Å². The van der Waals surface area contributed by atoms with Crippen LogP contribution in [-0.4, -0.2) is 23.7 Å². The molecule has 3 heteroatoms. The molecule has 13 heavy (non-hydrogen) atoms. The van der Waals surface area contributed by atoms with Crippen molar-refractivity contribution in [1.82, 2.24) is 5.32 Å². The quantitative estimate of drug-likeness (QED) is 0.659.